The topological polar surface area (TPSA) is 70.7 Å². The summed E-state index contributed by atoms with van der Waals surface area (Å²) in [4.78, 5) is 17.6. The summed E-state index contributed by atoms with van der Waals surface area (Å²) in [6.45, 7) is 0. The molecular formula is C20H22N4O. The van der Waals surface area contributed by atoms with Crippen molar-refractivity contribution in [2.45, 2.75) is 51.0 Å². The van der Waals surface area contributed by atoms with Gasteiger partial charge in [0.1, 0.15) is 0 Å². The number of carbonyl (C=O) groups is 1. The van der Waals surface area contributed by atoms with Crippen LogP contribution < -0.4 is 5.32 Å². The van der Waals surface area contributed by atoms with Crippen LogP contribution in [0.25, 0.3) is 11.0 Å². The summed E-state index contributed by atoms with van der Waals surface area (Å²) in [5, 5.41) is 12.3. The third-order valence-electron chi connectivity index (χ3n) is 6.57. The molecule has 0 radical (unpaired) electrons. The third kappa shape index (κ3) is 2.35. The number of rotatable bonds is 3. The highest BCUT2D eigenvalue weighted by atomic mass is 16.2. The summed E-state index contributed by atoms with van der Waals surface area (Å²) in [5.41, 5.74) is 2.46. The van der Waals surface area contributed by atoms with E-state index in [1.807, 2.05) is 12.1 Å². The molecule has 1 amide bonds. The molecule has 2 unspecified atom stereocenters. The maximum atomic E-state index is 12.9. The maximum absolute atomic E-state index is 12.9. The number of fused-ring (bicyclic) bond motifs is 3. The number of amides is 1. The van der Waals surface area contributed by atoms with E-state index in [2.05, 4.69) is 20.9 Å². The molecule has 5 nitrogen and oxygen atoms in total. The molecule has 1 aromatic heterocycles. The molecule has 3 fully saturated rings. The van der Waals surface area contributed by atoms with E-state index in [0.29, 0.717) is 23.5 Å². The highest BCUT2D eigenvalue weighted by Gasteiger charge is 2.43. The van der Waals surface area contributed by atoms with Crippen LogP contribution in [0.5, 0.6) is 0 Å². The maximum Gasteiger partial charge on any atom is 0.230 e. The van der Waals surface area contributed by atoms with Crippen LogP contribution in [-0.2, 0) is 4.79 Å². The van der Waals surface area contributed by atoms with E-state index in [-0.39, 0.29) is 11.8 Å². The zero-order valence-electron chi connectivity index (χ0n) is 14.2. The third-order valence-corrected chi connectivity index (χ3v) is 6.57. The fourth-order valence-electron chi connectivity index (χ4n) is 5.03. The van der Waals surface area contributed by atoms with E-state index in [1.165, 1.54) is 25.7 Å². The molecule has 3 saturated carbocycles. The van der Waals surface area contributed by atoms with Crippen molar-refractivity contribution >= 4 is 22.9 Å². The zero-order valence-corrected chi connectivity index (χ0v) is 14.2. The Hall–Kier alpha value is -2.35. The lowest BCUT2D eigenvalue weighted by Gasteiger charge is -2.29. The lowest BCUT2D eigenvalue weighted by molar-refractivity contribution is -0.121. The van der Waals surface area contributed by atoms with Crippen molar-refractivity contribution < 1.29 is 4.79 Å². The Morgan fingerprint density at radius 3 is 2.76 bits per heavy atom. The smallest absolute Gasteiger partial charge is 0.230 e. The van der Waals surface area contributed by atoms with Gasteiger partial charge < -0.3 is 4.57 Å². The quantitative estimate of drug-likeness (QED) is 0.922. The van der Waals surface area contributed by atoms with Crippen LogP contribution in [0.15, 0.2) is 18.2 Å². The SMILES string of the molecule is N#Cc1ccc2nc(NC(=O)[C@@H]3CC4CCC3C4)n(C3CCC3)c2c1. The van der Waals surface area contributed by atoms with Gasteiger partial charge in [0.15, 0.2) is 0 Å². The Labute approximate surface area is 147 Å². The molecule has 1 heterocycles. The Balaban J connectivity index is 1.49. The van der Waals surface area contributed by atoms with Crippen molar-refractivity contribution in [1.29, 1.82) is 5.26 Å². The fraction of sp³-hybridized carbons (Fsp3) is 0.550. The van der Waals surface area contributed by atoms with Gasteiger partial charge in [0.05, 0.1) is 22.7 Å². The number of nitrogens with zero attached hydrogens (tertiary/aromatic N) is 3. The molecule has 3 aliphatic carbocycles. The number of nitrogens with one attached hydrogen (secondary N) is 1. The van der Waals surface area contributed by atoms with Crippen LogP contribution >= 0.6 is 0 Å². The largest absolute Gasteiger partial charge is 0.307 e. The molecule has 128 valence electrons. The summed E-state index contributed by atoms with van der Waals surface area (Å²) >= 11 is 0. The Kier molecular flexibility index (Phi) is 3.34. The lowest BCUT2D eigenvalue weighted by Crippen LogP contribution is -2.29. The predicted molar refractivity (Wildman–Crippen MR) is 94.9 cm³/mol. The van der Waals surface area contributed by atoms with E-state index in [4.69, 9.17) is 0 Å². The number of hydrogen-bond acceptors (Lipinski definition) is 3. The van der Waals surface area contributed by atoms with E-state index >= 15 is 0 Å². The molecule has 3 atom stereocenters. The second-order valence-electron chi connectivity index (χ2n) is 7.98. The van der Waals surface area contributed by atoms with Crippen molar-refractivity contribution in [3.8, 4) is 6.07 Å². The van der Waals surface area contributed by atoms with Gasteiger partial charge >= 0.3 is 0 Å². The number of carbonyl (C=O) groups excluding carboxylic acids is 1. The van der Waals surface area contributed by atoms with Gasteiger partial charge in [0.2, 0.25) is 11.9 Å². The van der Waals surface area contributed by atoms with E-state index in [1.54, 1.807) is 6.07 Å². The lowest BCUT2D eigenvalue weighted by atomic mass is 9.88. The summed E-state index contributed by atoms with van der Waals surface area (Å²) < 4.78 is 2.16. The first kappa shape index (κ1) is 14.9. The normalized spacial score (nSPS) is 28.0. The average molecular weight is 334 g/mol. The zero-order chi connectivity index (χ0) is 17.0. The molecule has 2 bridgehead atoms. The summed E-state index contributed by atoms with van der Waals surface area (Å²) in [6.07, 6.45) is 8.20. The highest BCUT2D eigenvalue weighted by Crippen LogP contribution is 2.48. The van der Waals surface area contributed by atoms with Crippen molar-refractivity contribution in [2.75, 3.05) is 5.32 Å². The summed E-state index contributed by atoms with van der Waals surface area (Å²) in [5.74, 6) is 2.29. The number of anilines is 1. The van der Waals surface area contributed by atoms with Crippen molar-refractivity contribution in [1.82, 2.24) is 9.55 Å². The van der Waals surface area contributed by atoms with Crippen LogP contribution in [0.4, 0.5) is 5.95 Å². The molecule has 0 saturated heterocycles. The first-order valence-corrected chi connectivity index (χ1v) is 9.46. The average Bonchev–Trinajstić information content (AvgIpc) is 3.28. The summed E-state index contributed by atoms with van der Waals surface area (Å²) in [7, 11) is 0. The minimum Gasteiger partial charge on any atom is -0.307 e. The van der Waals surface area contributed by atoms with E-state index in [0.717, 1.165) is 36.2 Å². The molecule has 2 aromatic rings. The molecule has 25 heavy (non-hydrogen) atoms. The standard InChI is InChI=1S/C20H22N4O/c21-11-13-5-7-17-18(10-13)24(15-2-1-3-15)20(22-17)23-19(25)16-9-12-4-6-14(16)8-12/h5,7,10,12,14-16H,1-4,6,8-9H2,(H,22,23,25)/t12?,14?,16-/m1/s1. The van der Waals surface area contributed by atoms with Gasteiger partial charge in [-0.25, -0.2) is 4.98 Å². The Bertz CT molecular complexity index is 889. The van der Waals surface area contributed by atoms with Crippen LogP contribution in [0.1, 0.15) is 56.6 Å². The number of hydrogen-bond donors (Lipinski definition) is 1. The van der Waals surface area contributed by atoms with Crippen molar-refractivity contribution in [3.05, 3.63) is 23.8 Å². The Morgan fingerprint density at radius 1 is 1.24 bits per heavy atom. The van der Waals surface area contributed by atoms with Gasteiger partial charge in [-0.3, -0.25) is 10.1 Å². The minimum atomic E-state index is 0.142. The molecule has 5 heteroatoms. The van der Waals surface area contributed by atoms with E-state index < -0.39 is 0 Å². The van der Waals surface area contributed by atoms with Gasteiger partial charge in [-0.1, -0.05) is 6.42 Å². The Morgan fingerprint density at radius 2 is 2.12 bits per heavy atom. The van der Waals surface area contributed by atoms with Crippen LogP contribution in [0.3, 0.4) is 0 Å². The molecular weight excluding hydrogens is 312 g/mol. The van der Waals surface area contributed by atoms with Gasteiger partial charge in [-0.15, -0.1) is 0 Å². The van der Waals surface area contributed by atoms with Gasteiger partial charge in [-0.05, 0) is 68.6 Å². The number of imidazole rings is 1. The van der Waals surface area contributed by atoms with Crippen molar-refractivity contribution in [2.24, 2.45) is 17.8 Å². The second kappa shape index (κ2) is 5.59. The highest BCUT2D eigenvalue weighted by molar-refractivity contribution is 5.93. The second-order valence-corrected chi connectivity index (χ2v) is 7.98. The number of aromatic nitrogens is 2. The van der Waals surface area contributed by atoms with Gasteiger partial charge in [0, 0.05) is 12.0 Å². The number of nitriles is 1. The predicted octanol–water partition coefficient (Wildman–Crippen LogP) is 4.01. The fourth-order valence-corrected chi connectivity index (χ4v) is 5.03. The van der Waals surface area contributed by atoms with Gasteiger partial charge in [-0.2, -0.15) is 5.26 Å². The monoisotopic (exact) mass is 334 g/mol. The van der Waals surface area contributed by atoms with Crippen LogP contribution in [0.2, 0.25) is 0 Å². The van der Waals surface area contributed by atoms with E-state index in [9.17, 15) is 10.1 Å². The molecule has 1 N–H and O–H groups in total. The summed E-state index contributed by atoms with van der Waals surface area (Å²) in [6, 6.07) is 8.16. The molecule has 3 aliphatic rings. The molecule has 5 rings (SSSR count). The number of benzene rings is 1. The first-order valence-electron chi connectivity index (χ1n) is 9.46. The van der Waals surface area contributed by atoms with Crippen LogP contribution in [-0.4, -0.2) is 15.5 Å². The molecule has 0 spiro atoms. The minimum absolute atomic E-state index is 0.142. The van der Waals surface area contributed by atoms with Crippen molar-refractivity contribution in [3.63, 3.8) is 0 Å². The molecule has 1 aromatic carbocycles. The van der Waals surface area contributed by atoms with Gasteiger partial charge in [0.25, 0.3) is 0 Å². The first-order chi connectivity index (χ1) is 12.2. The molecule has 0 aliphatic heterocycles. The van der Waals surface area contributed by atoms with Crippen LogP contribution in [0, 0.1) is 29.1 Å².